The van der Waals surface area contributed by atoms with Crippen LogP contribution in [-0.4, -0.2) is 43.2 Å². The summed E-state index contributed by atoms with van der Waals surface area (Å²) in [7, 11) is 1.39. The highest BCUT2D eigenvalue weighted by molar-refractivity contribution is 5.79. The lowest BCUT2D eigenvalue weighted by Gasteiger charge is -2.27. The van der Waals surface area contributed by atoms with Crippen LogP contribution < -0.4 is 5.73 Å². The second-order valence-electron chi connectivity index (χ2n) is 5.40. The Morgan fingerprint density at radius 2 is 2.12 bits per heavy atom. The average Bonchev–Trinajstić information content (AvgIpc) is 3.09. The Morgan fingerprint density at radius 1 is 1.47 bits per heavy atom. The molecule has 0 saturated heterocycles. The Kier molecular flexibility index (Phi) is 5.40. The van der Waals surface area contributed by atoms with Crippen LogP contribution in [0.25, 0.3) is 0 Å². The second kappa shape index (κ2) is 6.36. The molecule has 100 valence electrons. The van der Waals surface area contributed by atoms with Crippen molar-refractivity contribution in [1.29, 1.82) is 0 Å². The molecule has 0 aromatic carbocycles. The Balaban J connectivity index is 2.35. The van der Waals surface area contributed by atoms with Crippen LogP contribution >= 0.6 is 0 Å². The van der Waals surface area contributed by atoms with Crippen LogP contribution in [0.2, 0.25) is 0 Å². The number of methoxy groups -OCH3 is 1. The van der Waals surface area contributed by atoms with Gasteiger partial charge in [0.25, 0.3) is 0 Å². The lowest BCUT2D eigenvalue weighted by molar-refractivity contribution is -0.146. The van der Waals surface area contributed by atoms with E-state index in [4.69, 9.17) is 10.5 Å². The Morgan fingerprint density at radius 3 is 2.59 bits per heavy atom. The predicted molar refractivity (Wildman–Crippen MR) is 68.7 cm³/mol. The molecule has 1 rings (SSSR count). The fraction of sp³-hybridized carbons (Fsp3) is 0.923. The van der Waals surface area contributed by atoms with Gasteiger partial charge in [0.15, 0.2) is 0 Å². The smallest absolute Gasteiger partial charge is 0.325 e. The molecule has 4 heteroatoms. The van der Waals surface area contributed by atoms with Gasteiger partial charge in [-0.15, -0.1) is 0 Å². The van der Waals surface area contributed by atoms with Crippen LogP contribution in [-0.2, 0) is 9.53 Å². The zero-order chi connectivity index (χ0) is 12.9. The second-order valence-corrected chi connectivity index (χ2v) is 5.40. The first kappa shape index (κ1) is 14.5. The molecule has 1 atom stereocenters. The molecule has 1 fully saturated rings. The number of hydrogen-bond donors (Lipinski definition) is 1. The summed E-state index contributed by atoms with van der Waals surface area (Å²) in [6, 6.07) is 0. The van der Waals surface area contributed by atoms with E-state index in [0.29, 0.717) is 6.42 Å². The van der Waals surface area contributed by atoms with Crippen molar-refractivity contribution in [1.82, 2.24) is 4.90 Å². The van der Waals surface area contributed by atoms with Crippen LogP contribution in [0.1, 0.15) is 39.5 Å². The van der Waals surface area contributed by atoms with Gasteiger partial charge in [0.2, 0.25) is 0 Å². The van der Waals surface area contributed by atoms with Gasteiger partial charge in [-0.1, -0.05) is 6.92 Å². The van der Waals surface area contributed by atoms with Crippen molar-refractivity contribution < 1.29 is 9.53 Å². The van der Waals surface area contributed by atoms with E-state index in [2.05, 4.69) is 11.8 Å². The maximum absolute atomic E-state index is 11.5. The Hall–Kier alpha value is -0.610. The van der Waals surface area contributed by atoms with Crippen molar-refractivity contribution in [2.75, 3.05) is 26.7 Å². The first-order valence-electron chi connectivity index (χ1n) is 6.59. The van der Waals surface area contributed by atoms with Crippen LogP contribution in [0.4, 0.5) is 0 Å². The van der Waals surface area contributed by atoms with E-state index >= 15 is 0 Å². The molecule has 1 unspecified atom stereocenters. The summed E-state index contributed by atoms with van der Waals surface area (Å²) in [5.74, 6) is 0.559. The largest absolute Gasteiger partial charge is 0.468 e. The maximum atomic E-state index is 11.5. The van der Waals surface area contributed by atoms with Crippen LogP contribution in [0.3, 0.4) is 0 Å². The normalized spacial score (nSPS) is 19.1. The van der Waals surface area contributed by atoms with E-state index in [1.807, 2.05) is 0 Å². The lowest BCUT2D eigenvalue weighted by atomic mass is 9.99. The van der Waals surface area contributed by atoms with Crippen molar-refractivity contribution in [3.8, 4) is 0 Å². The molecule has 1 aliphatic rings. The number of rotatable bonds is 8. The minimum atomic E-state index is -0.857. The van der Waals surface area contributed by atoms with Crippen molar-refractivity contribution >= 4 is 5.97 Å². The monoisotopic (exact) mass is 242 g/mol. The van der Waals surface area contributed by atoms with E-state index in [0.717, 1.165) is 32.0 Å². The minimum Gasteiger partial charge on any atom is -0.468 e. The van der Waals surface area contributed by atoms with Crippen LogP contribution in [0.5, 0.6) is 0 Å². The highest BCUT2D eigenvalue weighted by Gasteiger charge is 2.31. The molecule has 0 aromatic rings. The first-order chi connectivity index (χ1) is 7.99. The zero-order valence-electron chi connectivity index (χ0n) is 11.4. The van der Waals surface area contributed by atoms with E-state index in [1.54, 1.807) is 6.92 Å². The van der Waals surface area contributed by atoms with Gasteiger partial charge in [-0.25, -0.2) is 0 Å². The Labute approximate surface area is 104 Å². The highest BCUT2D eigenvalue weighted by atomic mass is 16.5. The Bertz CT molecular complexity index is 250. The number of nitrogens with zero attached hydrogens (tertiary/aromatic N) is 1. The van der Waals surface area contributed by atoms with Gasteiger partial charge in [0.1, 0.15) is 5.54 Å². The van der Waals surface area contributed by atoms with Gasteiger partial charge in [-0.3, -0.25) is 4.79 Å². The van der Waals surface area contributed by atoms with Crippen molar-refractivity contribution in [3.05, 3.63) is 0 Å². The van der Waals surface area contributed by atoms with Crippen molar-refractivity contribution in [2.45, 2.75) is 45.1 Å². The van der Waals surface area contributed by atoms with E-state index in [9.17, 15) is 4.79 Å². The molecule has 0 spiro atoms. The summed E-state index contributed by atoms with van der Waals surface area (Å²) in [5.41, 5.74) is 5.10. The number of carbonyl (C=O) groups excluding carboxylic acids is 1. The summed E-state index contributed by atoms with van der Waals surface area (Å²) < 4.78 is 4.72. The third-order valence-corrected chi connectivity index (χ3v) is 3.35. The van der Waals surface area contributed by atoms with Gasteiger partial charge in [0, 0.05) is 13.1 Å². The third-order valence-electron chi connectivity index (χ3n) is 3.35. The topological polar surface area (TPSA) is 55.6 Å². The van der Waals surface area contributed by atoms with Gasteiger partial charge < -0.3 is 15.4 Å². The van der Waals surface area contributed by atoms with Gasteiger partial charge in [-0.2, -0.15) is 0 Å². The van der Waals surface area contributed by atoms with Gasteiger partial charge >= 0.3 is 5.97 Å². The third kappa shape index (κ3) is 5.04. The first-order valence-corrected chi connectivity index (χ1v) is 6.59. The molecule has 0 radical (unpaired) electrons. The number of ether oxygens (including phenoxy) is 1. The molecule has 0 aliphatic heterocycles. The summed E-state index contributed by atoms with van der Waals surface area (Å²) in [5, 5.41) is 0. The average molecular weight is 242 g/mol. The van der Waals surface area contributed by atoms with E-state index in [-0.39, 0.29) is 5.97 Å². The number of hydrogen-bond acceptors (Lipinski definition) is 4. The van der Waals surface area contributed by atoms with Crippen molar-refractivity contribution in [2.24, 2.45) is 11.7 Å². The summed E-state index contributed by atoms with van der Waals surface area (Å²) in [6.07, 6.45) is 4.52. The summed E-state index contributed by atoms with van der Waals surface area (Å²) >= 11 is 0. The molecule has 2 N–H and O–H groups in total. The SMILES string of the molecule is CCCN(CCC(C)(N)C(=O)OC)CC1CC1. The van der Waals surface area contributed by atoms with E-state index in [1.165, 1.54) is 20.0 Å². The quantitative estimate of drug-likeness (QED) is 0.654. The molecule has 0 bridgehead atoms. The van der Waals surface area contributed by atoms with E-state index < -0.39 is 5.54 Å². The molecule has 0 amide bonds. The molecule has 1 saturated carbocycles. The van der Waals surface area contributed by atoms with Gasteiger partial charge in [0.05, 0.1) is 7.11 Å². The molecule has 4 nitrogen and oxygen atoms in total. The fourth-order valence-corrected chi connectivity index (χ4v) is 2.00. The van der Waals surface area contributed by atoms with Crippen LogP contribution in [0.15, 0.2) is 0 Å². The summed E-state index contributed by atoms with van der Waals surface area (Å²) in [4.78, 5) is 13.9. The number of carbonyl (C=O) groups is 1. The highest BCUT2D eigenvalue weighted by Crippen LogP contribution is 2.30. The molecule has 0 aromatic heterocycles. The van der Waals surface area contributed by atoms with Crippen LogP contribution in [0, 0.1) is 5.92 Å². The predicted octanol–water partition coefficient (Wildman–Crippen LogP) is 1.39. The number of esters is 1. The fourth-order valence-electron chi connectivity index (χ4n) is 2.00. The lowest BCUT2D eigenvalue weighted by Crippen LogP contribution is -2.48. The standard InChI is InChI=1S/C13H26N2O2/c1-4-8-15(10-11-5-6-11)9-7-13(2,14)12(16)17-3/h11H,4-10,14H2,1-3H3. The minimum absolute atomic E-state index is 0.319. The van der Waals surface area contributed by atoms with Gasteiger partial charge in [-0.05, 0) is 45.1 Å². The maximum Gasteiger partial charge on any atom is 0.325 e. The number of nitrogens with two attached hydrogens (primary N) is 1. The zero-order valence-corrected chi connectivity index (χ0v) is 11.4. The molecule has 0 heterocycles. The summed E-state index contributed by atoms with van der Waals surface area (Å²) in [6.45, 7) is 7.06. The molecule has 1 aliphatic carbocycles. The molecule has 17 heavy (non-hydrogen) atoms. The molecular weight excluding hydrogens is 216 g/mol. The van der Waals surface area contributed by atoms with Crippen molar-refractivity contribution in [3.63, 3.8) is 0 Å². The molecular formula is C13H26N2O2.